The fourth-order valence-electron chi connectivity index (χ4n) is 2.56. The Hall–Kier alpha value is -3.02. The van der Waals surface area contributed by atoms with Crippen LogP contribution in [-0.2, 0) is 16.0 Å². The van der Waals surface area contributed by atoms with Gasteiger partial charge in [0.1, 0.15) is 11.5 Å². The normalized spacial score (nSPS) is 15.6. The standard InChI is InChI=1S/C19H20N2O4/c1-12-19(23)21-16-11-14(6-9-17(16)25-12)20-18(22)10-5-13-3-7-15(24-2)8-4-13/h3-4,6-9,11-12H,5,10H2,1-2H3,(H,20,22)(H,21,23). The van der Waals surface area contributed by atoms with Crippen molar-refractivity contribution in [2.24, 2.45) is 0 Å². The molecule has 2 aromatic rings. The van der Waals surface area contributed by atoms with Crippen LogP contribution >= 0.6 is 0 Å². The van der Waals surface area contributed by atoms with E-state index in [1.807, 2.05) is 24.3 Å². The minimum absolute atomic E-state index is 0.0906. The highest BCUT2D eigenvalue weighted by molar-refractivity contribution is 5.99. The summed E-state index contributed by atoms with van der Waals surface area (Å²) in [5, 5.41) is 5.61. The number of fused-ring (bicyclic) bond motifs is 1. The second-order valence-electron chi connectivity index (χ2n) is 5.86. The maximum Gasteiger partial charge on any atom is 0.265 e. The third-order valence-corrected chi connectivity index (χ3v) is 3.99. The third-order valence-electron chi connectivity index (χ3n) is 3.99. The Bertz CT molecular complexity index is 787. The first-order chi connectivity index (χ1) is 12.0. The topological polar surface area (TPSA) is 76.7 Å². The number of benzene rings is 2. The van der Waals surface area contributed by atoms with E-state index in [2.05, 4.69) is 10.6 Å². The summed E-state index contributed by atoms with van der Waals surface area (Å²) in [6.07, 6.45) is 0.485. The predicted octanol–water partition coefficient (Wildman–Crippen LogP) is 2.99. The van der Waals surface area contributed by atoms with Crippen LogP contribution in [-0.4, -0.2) is 25.0 Å². The van der Waals surface area contributed by atoms with Crippen molar-refractivity contribution in [2.75, 3.05) is 17.7 Å². The van der Waals surface area contributed by atoms with Crippen LogP contribution in [0.15, 0.2) is 42.5 Å². The number of rotatable bonds is 5. The quantitative estimate of drug-likeness (QED) is 0.877. The highest BCUT2D eigenvalue weighted by Crippen LogP contribution is 2.32. The van der Waals surface area contributed by atoms with Gasteiger partial charge in [-0.15, -0.1) is 0 Å². The molecule has 2 aromatic carbocycles. The lowest BCUT2D eigenvalue weighted by molar-refractivity contribution is -0.122. The first-order valence-electron chi connectivity index (χ1n) is 8.09. The molecule has 0 spiro atoms. The summed E-state index contributed by atoms with van der Waals surface area (Å²) in [7, 11) is 1.62. The van der Waals surface area contributed by atoms with Crippen LogP contribution in [0.3, 0.4) is 0 Å². The van der Waals surface area contributed by atoms with Crippen molar-refractivity contribution in [3.63, 3.8) is 0 Å². The summed E-state index contributed by atoms with van der Waals surface area (Å²) < 4.78 is 10.6. The molecule has 6 nitrogen and oxygen atoms in total. The average Bonchev–Trinajstić information content (AvgIpc) is 2.61. The zero-order chi connectivity index (χ0) is 17.8. The average molecular weight is 340 g/mol. The number of carbonyl (C=O) groups excluding carboxylic acids is 2. The highest BCUT2D eigenvalue weighted by atomic mass is 16.5. The number of methoxy groups -OCH3 is 1. The van der Waals surface area contributed by atoms with E-state index in [-0.39, 0.29) is 11.8 Å². The zero-order valence-corrected chi connectivity index (χ0v) is 14.2. The Kier molecular flexibility index (Phi) is 4.88. The summed E-state index contributed by atoms with van der Waals surface area (Å²) in [4.78, 5) is 23.8. The summed E-state index contributed by atoms with van der Waals surface area (Å²) in [6.45, 7) is 1.69. The van der Waals surface area contributed by atoms with Gasteiger partial charge in [-0.1, -0.05) is 12.1 Å². The molecular weight excluding hydrogens is 320 g/mol. The third kappa shape index (κ3) is 4.09. The molecule has 1 aliphatic heterocycles. The largest absolute Gasteiger partial charge is 0.497 e. The van der Waals surface area contributed by atoms with Crippen LogP contribution < -0.4 is 20.1 Å². The minimum atomic E-state index is -0.516. The molecule has 25 heavy (non-hydrogen) atoms. The SMILES string of the molecule is COc1ccc(CCC(=O)Nc2ccc3c(c2)NC(=O)C(C)O3)cc1. The van der Waals surface area contributed by atoms with Gasteiger partial charge in [-0.05, 0) is 49.2 Å². The highest BCUT2D eigenvalue weighted by Gasteiger charge is 2.23. The van der Waals surface area contributed by atoms with E-state index in [1.54, 1.807) is 32.2 Å². The van der Waals surface area contributed by atoms with Gasteiger partial charge in [0.2, 0.25) is 5.91 Å². The van der Waals surface area contributed by atoms with Gasteiger partial charge in [-0.2, -0.15) is 0 Å². The molecule has 0 bridgehead atoms. The smallest absolute Gasteiger partial charge is 0.265 e. The van der Waals surface area contributed by atoms with E-state index in [0.717, 1.165) is 11.3 Å². The molecular formula is C19H20N2O4. The van der Waals surface area contributed by atoms with Crippen molar-refractivity contribution >= 4 is 23.2 Å². The van der Waals surface area contributed by atoms with Crippen LogP contribution in [0.2, 0.25) is 0 Å². The van der Waals surface area contributed by atoms with Crippen LogP contribution in [0.5, 0.6) is 11.5 Å². The molecule has 0 radical (unpaired) electrons. The molecule has 1 aliphatic rings. The first kappa shape index (κ1) is 16.8. The number of amides is 2. The molecule has 0 aliphatic carbocycles. The second-order valence-corrected chi connectivity index (χ2v) is 5.86. The van der Waals surface area contributed by atoms with Crippen LogP contribution in [0.4, 0.5) is 11.4 Å². The maximum absolute atomic E-state index is 12.1. The Balaban J connectivity index is 1.57. The molecule has 130 valence electrons. The number of carbonyl (C=O) groups is 2. The molecule has 3 rings (SSSR count). The molecule has 0 saturated carbocycles. The van der Waals surface area contributed by atoms with E-state index in [9.17, 15) is 9.59 Å². The first-order valence-corrected chi connectivity index (χ1v) is 8.09. The maximum atomic E-state index is 12.1. The predicted molar refractivity (Wildman–Crippen MR) is 95.1 cm³/mol. The summed E-state index contributed by atoms with van der Waals surface area (Å²) in [5.41, 5.74) is 2.25. The van der Waals surface area contributed by atoms with E-state index < -0.39 is 6.10 Å². The number of anilines is 2. The van der Waals surface area contributed by atoms with Gasteiger partial charge in [-0.25, -0.2) is 0 Å². The molecule has 2 amide bonds. The van der Waals surface area contributed by atoms with Gasteiger partial charge < -0.3 is 20.1 Å². The molecule has 1 heterocycles. The second kappa shape index (κ2) is 7.25. The van der Waals surface area contributed by atoms with E-state index >= 15 is 0 Å². The molecule has 1 atom stereocenters. The summed E-state index contributed by atoms with van der Waals surface area (Å²) in [5.74, 6) is 1.10. The minimum Gasteiger partial charge on any atom is -0.497 e. The van der Waals surface area contributed by atoms with E-state index in [0.29, 0.717) is 30.0 Å². The zero-order valence-electron chi connectivity index (χ0n) is 14.2. The Labute approximate surface area is 146 Å². The van der Waals surface area contributed by atoms with Crippen molar-refractivity contribution in [3.8, 4) is 11.5 Å². The lowest BCUT2D eigenvalue weighted by atomic mass is 10.1. The molecule has 0 aromatic heterocycles. The summed E-state index contributed by atoms with van der Waals surface area (Å²) in [6, 6.07) is 12.8. The Morgan fingerprint density at radius 2 is 2.00 bits per heavy atom. The Morgan fingerprint density at radius 3 is 2.72 bits per heavy atom. The van der Waals surface area contributed by atoms with E-state index in [4.69, 9.17) is 9.47 Å². The number of nitrogens with one attached hydrogen (secondary N) is 2. The Morgan fingerprint density at radius 1 is 1.24 bits per heavy atom. The lowest BCUT2D eigenvalue weighted by Crippen LogP contribution is -2.34. The fourth-order valence-corrected chi connectivity index (χ4v) is 2.56. The summed E-state index contributed by atoms with van der Waals surface area (Å²) >= 11 is 0. The van der Waals surface area contributed by atoms with Crippen LogP contribution in [0, 0.1) is 0 Å². The fraction of sp³-hybridized carbons (Fsp3) is 0.263. The molecule has 2 N–H and O–H groups in total. The van der Waals surface area contributed by atoms with Gasteiger partial charge in [0.25, 0.3) is 5.91 Å². The number of hydrogen-bond donors (Lipinski definition) is 2. The van der Waals surface area contributed by atoms with Crippen molar-refractivity contribution < 1.29 is 19.1 Å². The van der Waals surface area contributed by atoms with Crippen molar-refractivity contribution in [1.82, 2.24) is 0 Å². The van der Waals surface area contributed by atoms with Gasteiger partial charge in [-0.3, -0.25) is 9.59 Å². The monoisotopic (exact) mass is 340 g/mol. The number of ether oxygens (including phenoxy) is 2. The van der Waals surface area contributed by atoms with Gasteiger partial charge in [0.05, 0.1) is 12.8 Å². The van der Waals surface area contributed by atoms with Crippen molar-refractivity contribution in [3.05, 3.63) is 48.0 Å². The van der Waals surface area contributed by atoms with Crippen molar-refractivity contribution in [2.45, 2.75) is 25.9 Å². The van der Waals surface area contributed by atoms with Gasteiger partial charge >= 0.3 is 0 Å². The van der Waals surface area contributed by atoms with Crippen LogP contribution in [0.25, 0.3) is 0 Å². The molecule has 0 fully saturated rings. The molecule has 6 heteroatoms. The number of aryl methyl sites for hydroxylation is 1. The lowest BCUT2D eigenvalue weighted by Gasteiger charge is -2.23. The molecule has 1 unspecified atom stereocenters. The molecule has 0 saturated heterocycles. The van der Waals surface area contributed by atoms with Crippen LogP contribution in [0.1, 0.15) is 18.9 Å². The van der Waals surface area contributed by atoms with Gasteiger partial charge in [0, 0.05) is 12.1 Å². The van der Waals surface area contributed by atoms with Crippen molar-refractivity contribution in [1.29, 1.82) is 0 Å². The van der Waals surface area contributed by atoms with E-state index in [1.165, 1.54) is 0 Å². The van der Waals surface area contributed by atoms with Gasteiger partial charge in [0.15, 0.2) is 6.10 Å². The number of hydrogen-bond acceptors (Lipinski definition) is 4.